The van der Waals surface area contributed by atoms with Crippen molar-refractivity contribution in [3.8, 4) is 0 Å². The molecule has 0 aromatic heterocycles. The second-order valence-electron chi connectivity index (χ2n) is 6.34. The number of halogens is 1. The normalized spacial score (nSPS) is 11.8. The van der Waals surface area contributed by atoms with E-state index in [2.05, 4.69) is 87.5 Å². The zero-order valence-corrected chi connectivity index (χ0v) is 14.9. The summed E-state index contributed by atoms with van der Waals surface area (Å²) >= 11 is -0.0956. The average molecular weight is 387 g/mol. The number of hydrogen-bond acceptors (Lipinski definition) is 0. The number of hydrogen-bond donors (Lipinski definition) is 0. The van der Waals surface area contributed by atoms with Gasteiger partial charge in [-0.15, -0.1) is 0 Å². The lowest BCUT2D eigenvalue weighted by Gasteiger charge is -2.18. The van der Waals surface area contributed by atoms with E-state index in [0.29, 0.717) is 0 Å². The van der Waals surface area contributed by atoms with Crippen LogP contribution in [0.3, 0.4) is 0 Å². The monoisotopic (exact) mass is 387 g/mol. The van der Waals surface area contributed by atoms with E-state index in [0.717, 1.165) is 0 Å². The van der Waals surface area contributed by atoms with E-state index in [-0.39, 0.29) is 26.6 Å². The van der Waals surface area contributed by atoms with Crippen LogP contribution >= 0.6 is 0 Å². The molecule has 0 atom stereocenters. The third-order valence-corrected chi connectivity index (χ3v) is 6.28. The minimum Gasteiger partial charge on any atom is -0.0616 e. The van der Waals surface area contributed by atoms with Gasteiger partial charge in [-0.2, -0.15) is 0 Å². The first-order valence-corrected chi connectivity index (χ1v) is 9.42. The van der Waals surface area contributed by atoms with Gasteiger partial charge in [0.25, 0.3) is 0 Å². The van der Waals surface area contributed by atoms with Crippen LogP contribution in [0, 0.1) is 7.14 Å². The third kappa shape index (κ3) is 3.46. The maximum Gasteiger partial charge on any atom is 0.357 e. The molecule has 3 aromatic rings. The topological polar surface area (TPSA) is 0 Å². The second-order valence-corrected chi connectivity index (χ2v) is 9.37. The molecule has 0 N–H and O–H groups in total. The molecule has 3 aromatic carbocycles. The Bertz CT molecular complexity index is 749. The molecule has 0 radical (unpaired) electrons. The smallest absolute Gasteiger partial charge is 0.0616 e. The summed E-state index contributed by atoms with van der Waals surface area (Å²) in [5, 5.41) is 2.68. The lowest BCUT2D eigenvalue weighted by molar-refractivity contribution is -0.597. The SMILES string of the molecule is CC(C)(C)c1ccc([I+]c2ccc3ccccc3c2)cc1. The van der Waals surface area contributed by atoms with Crippen LogP contribution in [0.2, 0.25) is 0 Å². The van der Waals surface area contributed by atoms with Gasteiger partial charge in [-0.3, -0.25) is 0 Å². The van der Waals surface area contributed by atoms with Crippen molar-refractivity contribution in [1.29, 1.82) is 0 Å². The fraction of sp³-hybridized carbons (Fsp3) is 0.200. The molecule has 0 amide bonds. The van der Waals surface area contributed by atoms with E-state index in [1.54, 1.807) is 0 Å². The Morgan fingerprint density at radius 1 is 0.667 bits per heavy atom. The van der Waals surface area contributed by atoms with Crippen LogP contribution in [-0.2, 0) is 5.41 Å². The highest BCUT2D eigenvalue weighted by Crippen LogP contribution is 2.20. The van der Waals surface area contributed by atoms with Crippen LogP contribution in [0.15, 0.2) is 66.7 Å². The van der Waals surface area contributed by atoms with Gasteiger partial charge in [0, 0.05) is 0 Å². The Hall–Kier alpha value is -1.35. The quantitative estimate of drug-likeness (QED) is 0.592. The first-order chi connectivity index (χ1) is 10.0. The zero-order chi connectivity index (χ0) is 14.9. The van der Waals surface area contributed by atoms with Crippen LogP contribution in [0.4, 0.5) is 0 Å². The second kappa shape index (κ2) is 5.80. The van der Waals surface area contributed by atoms with Gasteiger partial charge >= 0.3 is 21.2 Å². The van der Waals surface area contributed by atoms with Crippen LogP contribution < -0.4 is 21.2 Å². The first-order valence-electron chi connectivity index (χ1n) is 7.26. The Morgan fingerprint density at radius 3 is 1.95 bits per heavy atom. The molecule has 3 rings (SSSR count). The van der Waals surface area contributed by atoms with Crippen molar-refractivity contribution in [2.75, 3.05) is 0 Å². The van der Waals surface area contributed by atoms with E-state index in [1.807, 2.05) is 0 Å². The highest BCUT2D eigenvalue weighted by atomic mass is 127. The van der Waals surface area contributed by atoms with Gasteiger partial charge in [0.2, 0.25) is 0 Å². The minimum absolute atomic E-state index is 0.0956. The molecule has 0 aliphatic heterocycles. The standard InChI is InChI=1S/C20H20I/c1-20(2,3)17-9-12-18(13-10-17)21-19-11-8-15-6-4-5-7-16(15)14-19/h4-14H,1-3H3/q+1. The Labute approximate surface area is 137 Å². The van der Waals surface area contributed by atoms with Crippen molar-refractivity contribution < 1.29 is 21.2 Å². The fourth-order valence-electron chi connectivity index (χ4n) is 2.36. The summed E-state index contributed by atoms with van der Waals surface area (Å²) < 4.78 is 2.97. The summed E-state index contributed by atoms with van der Waals surface area (Å²) in [6.07, 6.45) is 0. The molecule has 0 aliphatic carbocycles. The molecule has 0 fully saturated rings. The van der Waals surface area contributed by atoms with Crippen molar-refractivity contribution in [2.45, 2.75) is 26.2 Å². The van der Waals surface area contributed by atoms with Gasteiger partial charge in [0.1, 0.15) is 0 Å². The predicted molar refractivity (Wildman–Crippen MR) is 86.5 cm³/mol. The van der Waals surface area contributed by atoms with E-state index < -0.39 is 0 Å². The van der Waals surface area contributed by atoms with Gasteiger partial charge in [0.05, 0.1) is 0 Å². The highest BCUT2D eigenvalue weighted by Gasteiger charge is 2.18. The maximum atomic E-state index is 2.35. The lowest BCUT2D eigenvalue weighted by Crippen LogP contribution is -3.61. The first kappa shape index (κ1) is 14.6. The molecular weight excluding hydrogens is 367 g/mol. The van der Waals surface area contributed by atoms with Gasteiger partial charge in [-0.1, -0.05) is 57.2 Å². The molecule has 0 spiro atoms. The summed E-state index contributed by atoms with van der Waals surface area (Å²) in [5.41, 5.74) is 1.65. The summed E-state index contributed by atoms with van der Waals surface area (Å²) in [6.45, 7) is 6.79. The van der Waals surface area contributed by atoms with Crippen molar-refractivity contribution >= 4 is 10.8 Å². The summed E-state index contributed by atoms with van der Waals surface area (Å²) in [4.78, 5) is 0. The van der Waals surface area contributed by atoms with Crippen LogP contribution in [0.1, 0.15) is 26.3 Å². The number of benzene rings is 3. The summed E-state index contributed by atoms with van der Waals surface area (Å²) in [6, 6.07) is 24.7. The van der Waals surface area contributed by atoms with Gasteiger partial charge < -0.3 is 0 Å². The molecule has 0 bridgehead atoms. The number of rotatable bonds is 2. The molecular formula is C20H20I+. The van der Waals surface area contributed by atoms with Crippen molar-refractivity contribution in [3.63, 3.8) is 0 Å². The lowest BCUT2D eigenvalue weighted by atomic mass is 9.87. The molecule has 106 valence electrons. The minimum atomic E-state index is -0.0956. The average Bonchev–Trinajstić information content (AvgIpc) is 2.47. The van der Waals surface area contributed by atoms with Crippen molar-refractivity contribution in [3.05, 3.63) is 79.4 Å². The molecule has 0 aliphatic rings. The van der Waals surface area contributed by atoms with Crippen molar-refractivity contribution in [1.82, 2.24) is 0 Å². The fourth-order valence-corrected chi connectivity index (χ4v) is 4.65. The molecule has 21 heavy (non-hydrogen) atoms. The molecule has 0 heterocycles. The van der Waals surface area contributed by atoms with Gasteiger partial charge in [-0.25, -0.2) is 0 Å². The van der Waals surface area contributed by atoms with Gasteiger partial charge in [-0.05, 0) is 52.1 Å². The van der Waals surface area contributed by atoms with Crippen molar-refractivity contribution in [2.24, 2.45) is 0 Å². The Kier molecular flexibility index (Phi) is 4.03. The molecule has 0 unspecified atom stereocenters. The van der Waals surface area contributed by atoms with Crippen LogP contribution in [-0.4, -0.2) is 0 Å². The zero-order valence-electron chi connectivity index (χ0n) is 12.7. The molecule has 1 heteroatoms. The predicted octanol–water partition coefficient (Wildman–Crippen LogP) is 2.27. The van der Waals surface area contributed by atoms with E-state index >= 15 is 0 Å². The summed E-state index contributed by atoms with van der Waals surface area (Å²) in [7, 11) is 0. The third-order valence-electron chi connectivity index (χ3n) is 3.64. The summed E-state index contributed by atoms with van der Waals surface area (Å²) in [5.74, 6) is 0. The molecule has 0 saturated heterocycles. The Balaban J connectivity index is 1.84. The number of fused-ring (bicyclic) bond motifs is 1. The highest BCUT2D eigenvalue weighted by molar-refractivity contribution is 5.81. The van der Waals surface area contributed by atoms with E-state index in [9.17, 15) is 0 Å². The van der Waals surface area contributed by atoms with Crippen LogP contribution in [0.25, 0.3) is 10.8 Å². The van der Waals surface area contributed by atoms with E-state index in [4.69, 9.17) is 0 Å². The van der Waals surface area contributed by atoms with Crippen LogP contribution in [0.5, 0.6) is 0 Å². The van der Waals surface area contributed by atoms with Gasteiger partial charge in [0.15, 0.2) is 7.14 Å². The maximum absolute atomic E-state index is 2.35. The molecule has 0 saturated carbocycles. The largest absolute Gasteiger partial charge is 0.357 e. The Morgan fingerprint density at radius 2 is 1.29 bits per heavy atom. The van der Waals surface area contributed by atoms with E-state index in [1.165, 1.54) is 23.5 Å². The molecule has 0 nitrogen and oxygen atoms in total.